The molecular formula is C19H25N5O4S. The molecule has 2 heterocycles. The fraction of sp³-hybridized carbons (Fsp3) is 0.368. The zero-order chi connectivity index (χ0) is 20.9. The molecule has 1 aromatic heterocycles. The molecule has 1 fully saturated rings. The Labute approximate surface area is 170 Å². The second-order valence-electron chi connectivity index (χ2n) is 6.64. The standard InChI is InChI=1S/C19H25N5O4S/c1-3-28-19(25)21-18-14-17(8-9-20-18)24-12-10-23(11-13-24)16-6-4-15(5-7-16)22-29(2,26)27/h4-9,14,22H,3,10-13H2,1-2H3,(H,20,21,25). The highest BCUT2D eigenvalue weighted by Gasteiger charge is 2.18. The van der Waals surface area contributed by atoms with Crippen molar-refractivity contribution in [3.63, 3.8) is 0 Å². The number of sulfonamides is 1. The van der Waals surface area contributed by atoms with Crippen molar-refractivity contribution in [3.05, 3.63) is 42.6 Å². The molecule has 0 bridgehead atoms. The Bertz CT molecular complexity index is 941. The molecular weight excluding hydrogens is 394 g/mol. The first-order valence-corrected chi connectivity index (χ1v) is 11.2. The Kier molecular flexibility index (Phi) is 6.42. The lowest BCUT2D eigenvalue weighted by molar-refractivity contribution is 0.168. The van der Waals surface area contributed by atoms with Crippen LogP contribution >= 0.6 is 0 Å². The molecule has 2 aromatic rings. The molecule has 1 aliphatic heterocycles. The zero-order valence-electron chi connectivity index (χ0n) is 16.5. The highest BCUT2D eigenvalue weighted by atomic mass is 32.2. The van der Waals surface area contributed by atoms with Crippen LogP contribution in [0.3, 0.4) is 0 Å². The number of hydrogen-bond acceptors (Lipinski definition) is 7. The molecule has 9 nitrogen and oxygen atoms in total. The molecule has 0 atom stereocenters. The third-order valence-corrected chi connectivity index (χ3v) is 5.04. The normalized spacial score (nSPS) is 14.4. The topological polar surface area (TPSA) is 104 Å². The number of amides is 1. The van der Waals surface area contributed by atoms with Crippen LogP contribution in [0.5, 0.6) is 0 Å². The van der Waals surface area contributed by atoms with Crippen LogP contribution in [0.2, 0.25) is 0 Å². The summed E-state index contributed by atoms with van der Waals surface area (Å²) in [6.45, 7) is 5.32. The van der Waals surface area contributed by atoms with E-state index >= 15 is 0 Å². The fourth-order valence-corrected chi connectivity index (χ4v) is 3.70. The van der Waals surface area contributed by atoms with Gasteiger partial charge in [-0.1, -0.05) is 0 Å². The fourth-order valence-electron chi connectivity index (χ4n) is 3.13. The van der Waals surface area contributed by atoms with E-state index in [0.29, 0.717) is 18.1 Å². The van der Waals surface area contributed by atoms with Crippen LogP contribution in [-0.2, 0) is 14.8 Å². The molecule has 2 N–H and O–H groups in total. The summed E-state index contributed by atoms with van der Waals surface area (Å²) in [6.07, 6.45) is 2.28. The third-order valence-electron chi connectivity index (χ3n) is 4.43. The van der Waals surface area contributed by atoms with Gasteiger partial charge >= 0.3 is 6.09 Å². The van der Waals surface area contributed by atoms with Gasteiger partial charge in [0.25, 0.3) is 0 Å². The first-order valence-electron chi connectivity index (χ1n) is 9.31. The molecule has 0 unspecified atom stereocenters. The van der Waals surface area contributed by atoms with Crippen molar-refractivity contribution in [2.45, 2.75) is 6.92 Å². The molecule has 0 saturated carbocycles. The van der Waals surface area contributed by atoms with Gasteiger partial charge in [0.1, 0.15) is 5.82 Å². The van der Waals surface area contributed by atoms with E-state index in [1.165, 1.54) is 0 Å². The summed E-state index contributed by atoms with van der Waals surface area (Å²) in [5, 5.41) is 2.62. The second kappa shape index (κ2) is 8.99. The second-order valence-corrected chi connectivity index (χ2v) is 8.39. The minimum Gasteiger partial charge on any atom is -0.450 e. The number of nitrogens with zero attached hydrogens (tertiary/aromatic N) is 3. The van der Waals surface area contributed by atoms with Gasteiger partial charge in [-0.15, -0.1) is 0 Å². The van der Waals surface area contributed by atoms with Crippen LogP contribution in [0.4, 0.5) is 27.7 Å². The number of hydrogen-bond donors (Lipinski definition) is 2. The molecule has 156 valence electrons. The Hall–Kier alpha value is -3.01. The largest absolute Gasteiger partial charge is 0.450 e. The van der Waals surface area contributed by atoms with Crippen molar-refractivity contribution in [2.24, 2.45) is 0 Å². The van der Waals surface area contributed by atoms with Crippen LogP contribution in [0.1, 0.15) is 6.92 Å². The number of aromatic nitrogens is 1. The lowest BCUT2D eigenvalue weighted by atomic mass is 10.2. The highest BCUT2D eigenvalue weighted by molar-refractivity contribution is 7.92. The van der Waals surface area contributed by atoms with Crippen LogP contribution in [0.25, 0.3) is 0 Å². The molecule has 0 radical (unpaired) electrons. The van der Waals surface area contributed by atoms with Gasteiger partial charge in [0, 0.05) is 55.5 Å². The molecule has 1 aromatic carbocycles. The maximum absolute atomic E-state index is 11.6. The summed E-state index contributed by atoms with van der Waals surface area (Å²) in [5.74, 6) is 0.456. The summed E-state index contributed by atoms with van der Waals surface area (Å²) in [4.78, 5) is 20.2. The average Bonchev–Trinajstić information content (AvgIpc) is 2.68. The first-order chi connectivity index (χ1) is 13.8. The van der Waals surface area contributed by atoms with Gasteiger partial charge in [-0.05, 0) is 37.3 Å². The van der Waals surface area contributed by atoms with Crippen molar-refractivity contribution in [3.8, 4) is 0 Å². The van der Waals surface area contributed by atoms with Crippen LogP contribution in [-0.4, -0.2) is 58.5 Å². The van der Waals surface area contributed by atoms with Gasteiger partial charge in [0.2, 0.25) is 10.0 Å². The number of carbonyl (C=O) groups excluding carboxylic acids is 1. The number of anilines is 4. The molecule has 1 amide bonds. The van der Waals surface area contributed by atoms with Crippen LogP contribution in [0.15, 0.2) is 42.6 Å². The lowest BCUT2D eigenvalue weighted by Crippen LogP contribution is -2.46. The van der Waals surface area contributed by atoms with E-state index in [9.17, 15) is 13.2 Å². The van der Waals surface area contributed by atoms with Crippen LogP contribution in [0, 0.1) is 0 Å². The lowest BCUT2D eigenvalue weighted by Gasteiger charge is -2.37. The van der Waals surface area contributed by atoms with Crippen molar-refractivity contribution in [1.29, 1.82) is 0 Å². The van der Waals surface area contributed by atoms with E-state index in [-0.39, 0.29) is 0 Å². The predicted molar refractivity (Wildman–Crippen MR) is 114 cm³/mol. The minimum atomic E-state index is -3.28. The monoisotopic (exact) mass is 419 g/mol. The van der Waals surface area contributed by atoms with E-state index in [0.717, 1.165) is 43.8 Å². The SMILES string of the molecule is CCOC(=O)Nc1cc(N2CCN(c3ccc(NS(C)(=O)=O)cc3)CC2)ccn1. The van der Waals surface area contributed by atoms with Gasteiger partial charge < -0.3 is 14.5 Å². The highest BCUT2D eigenvalue weighted by Crippen LogP contribution is 2.23. The van der Waals surface area contributed by atoms with Crippen molar-refractivity contribution < 1.29 is 17.9 Å². The number of benzene rings is 1. The molecule has 0 spiro atoms. The summed E-state index contributed by atoms with van der Waals surface area (Å²) >= 11 is 0. The van der Waals surface area contributed by atoms with Gasteiger partial charge in [0.05, 0.1) is 12.9 Å². The Morgan fingerprint density at radius 2 is 1.69 bits per heavy atom. The quantitative estimate of drug-likeness (QED) is 0.741. The van der Waals surface area contributed by atoms with Gasteiger partial charge in [-0.25, -0.2) is 18.2 Å². The first kappa shape index (κ1) is 20.7. The molecule has 3 rings (SSSR count). The van der Waals surface area contributed by atoms with E-state index in [1.54, 1.807) is 25.3 Å². The number of pyridine rings is 1. The molecule has 29 heavy (non-hydrogen) atoms. The summed E-state index contributed by atoms with van der Waals surface area (Å²) < 4.78 is 30.0. The Morgan fingerprint density at radius 1 is 1.07 bits per heavy atom. The maximum atomic E-state index is 11.6. The van der Waals surface area contributed by atoms with E-state index in [4.69, 9.17) is 4.74 Å². The summed E-state index contributed by atoms with van der Waals surface area (Å²) in [5.41, 5.74) is 2.58. The number of ether oxygens (including phenoxy) is 1. The maximum Gasteiger partial charge on any atom is 0.412 e. The molecule has 0 aliphatic carbocycles. The molecule has 1 aliphatic rings. The Morgan fingerprint density at radius 3 is 2.28 bits per heavy atom. The van der Waals surface area contributed by atoms with Gasteiger partial charge in [-0.2, -0.15) is 0 Å². The third kappa shape index (κ3) is 5.98. The van der Waals surface area contributed by atoms with E-state index < -0.39 is 16.1 Å². The number of rotatable bonds is 6. The number of carbonyl (C=O) groups is 1. The van der Waals surface area contributed by atoms with Gasteiger partial charge in [0.15, 0.2) is 0 Å². The molecule has 10 heteroatoms. The smallest absolute Gasteiger partial charge is 0.412 e. The summed E-state index contributed by atoms with van der Waals surface area (Å²) in [6, 6.07) is 11.1. The minimum absolute atomic E-state index is 0.304. The zero-order valence-corrected chi connectivity index (χ0v) is 17.3. The van der Waals surface area contributed by atoms with Crippen molar-refractivity contribution in [2.75, 3.05) is 58.9 Å². The average molecular weight is 420 g/mol. The van der Waals surface area contributed by atoms with Crippen molar-refractivity contribution in [1.82, 2.24) is 4.98 Å². The summed E-state index contributed by atoms with van der Waals surface area (Å²) in [7, 11) is -3.28. The Balaban J connectivity index is 1.58. The molecule has 1 saturated heterocycles. The predicted octanol–water partition coefficient (Wildman–Crippen LogP) is 2.35. The van der Waals surface area contributed by atoms with Crippen LogP contribution < -0.4 is 19.8 Å². The van der Waals surface area contributed by atoms with E-state index in [2.05, 4.69) is 24.8 Å². The van der Waals surface area contributed by atoms with E-state index in [1.807, 2.05) is 24.3 Å². The van der Waals surface area contributed by atoms with Crippen molar-refractivity contribution >= 4 is 39.0 Å². The number of nitrogens with one attached hydrogen (secondary N) is 2. The number of piperazine rings is 1. The van der Waals surface area contributed by atoms with Gasteiger partial charge in [-0.3, -0.25) is 10.0 Å².